The molecule has 7 nitrogen and oxygen atoms in total. The van der Waals surface area contributed by atoms with Gasteiger partial charge in [0.2, 0.25) is 11.8 Å². The van der Waals surface area contributed by atoms with Crippen LogP contribution in [0.3, 0.4) is 0 Å². The van der Waals surface area contributed by atoms with E-state index in [0.717, 1.165) is 32.1 Å². The van der Waals surface area contributed by atoms with Gasteiger partial charge in [0.1, 0.15) is 5.41 Å². The Balaban J connectivity index is 1.60. The highest BCUT2D eigenvalue weighted by atomic mass is 35.5. The molecule has 2 saturated heterocycles. The molecule has 2 amide bonds. The minimum Gasteiger partial charge on any atom is -0.468 e. The highest BCUT2D eigenvalue weighted by Crippen LogP contribution is 2.57. The third kappa shape index (κ3) is 5.47. The van der Waals surface area contributed by atoms with E-state index in [1.54, 1.807) is 23.1 Å². The number of benzene rings is 1. The Morgan fingerprint density at radius 2 is 1.87 bits per heavy atom. The second-order valence-electron chi connectivity index (χ2n) is 11.8. The molecule has 0 unspecified atom stereocenters. The summed E-state index contributed by atoms with van der Waals surface area (Å²) in [6.45, 7) is 5.72. The van der Waals surface area contributed by atoms with E-state index in [1.807, 2.05) is 11.0 Å². The highest BCUT2D eigenvalue weighted by molar-refractivity contribution is 6.35. The van der Waals surface area contributed by atoms with Crippen LogP contribution in [0.4, 0.5) is 0 Å². The van der Waals surface area contributed by atoms with Crippen LogP contribution in [0.2, 0.25) is 10.0 Å². The molecule has 0 aromatic heterocycles. The number of hydrogen-bond acceptors (Lipinski definition) is 5. The summed E-state index contributed by atoms with van der Waals surface area (Å²) in [4.78, 5) is 45.1. The number of rotatable bonds is 7. The molecule has 39 heavy (non-hydrogen) atoms. The van der Waals surface area contributed by atoms with Gasteiger partial charge in [-0.1, -0.05) is 43.1 Å². The third-order valence-corrected chi connectivity index (χ3v) is 9.36. The van der Waals surface area contributed by atoms with Gasteiger partial charge in [-0.05, 0) is 74.1 Å². The Morgan fingerprint density at radius 3 is 2.49 bits per heavy atom. The fourth-order valence-electron chi connectivity index (χ4n) is 6.52. The molecule has 4 atom stereocenters. The highest BCUT2D eigenvalue weighted by Gasteiger charge is 2.64. The topological polar surface area (TPSA) is 76.2 Å². The molecule has 9 heteroatoms. The van der Waals surface area contributed by atoms with E-state index in [-0.39, 0.29) is 49.1 Å². The lowest BCUT2D eigenvalue weighted by Gasteiger charge is -2.53. The first-order valence-electron chi connectivity index (χ1n) is 14.1. The van der Waals surface area contributed by atoms with Crippen LogP contribution in [0.1, 0.15) is 64.4 Å². The Morgan fingerprint density at radius 1 is 1.15 bits per heavy atom. The largest absolute Gasteiger partial charge is 0.468 e. The number of amides is 2. The van der Waals surface area contributed by atoms with Gasteiger partial charge in [0.25, 0.3) is 0 Å². The molecule has 3 fully saturated rings. The minimum absolute atomic E-state index is 0.0373. The maximum atomic E-state index is 14.3. The van der Waals surface area contributed by atoms with Crippen LogP contribution in [0.25, 0.3) is 0 Å². The van der Waals surface area contributed by atoms with Crippen molar-refractivity contribution in [2.45, 2.75) is 77.5 Å². The van der Waals surface area contributed by atoms with E-state index in [9.17, 15) is 14.4 Å². The van der Waals surface area contributed by atoms with Gasteiger partial charge in [-0.2, -0.15) is 0 Å². The monoisotopic (exact) mass is 576 g/mol. The van der Waals surface area contributed by atoms with E-state index in [4.69, 9.17) is 32.7 Å². The van der Waals surface area contributed by atoms with Crippen molar-refractivity contribution < 1.29 is 23.9 Å². The maximum absolute atomic E-state index is 14.3. The number of likely N-dealkylation sites (tertiary alicyclic amines) is 2. The van der Waals surface area contributed by atoms with Gasteiger partial charge in [-0.3, -0.25) is 14.4 Å². The molecule has 0 bridgehead atoms. The van der Waals surface area contributed by atoms with E-state index in [1.165, 1.54) is 7.11 Å². The zero-order valence-corrected chi connectivity index (χ0v) is 24.5. The van der Waals surface area contributed by atoms with Gasteiger partial charge >= 0.3 is 5.97 Å². The van der Waals surface area contributed by atoms with Gasteiger partial charge in [-0.15, -0.1) is 0 Å². The van der Waals surface area contributed by atoms with Gasteiger partial charge in [0.05, 0.1) is 25.9 Å². The predicted molar refractivity (Wildman–Crippen MR) is 149 cm³/mol. The molecular weight excluding hydrogens is 539 g/mol. The molecule has 0 radical (unpaired) electrons. The summed E-state index contributed by atoms with van der Waals surface area (Å²) in [6.07, 6.45) is 6.46. The molecule has 1 aliphatic carbocycles. The maximum Gasteiger partial charge on any atom is 0.320 e. The van der Waals surface area contributed by atoms with Gasteiger partial charge in [0.15, 0.2) is 0 Å². The Labute approximate surface area is 240 Å². The molecule has 1 aromatic carbocycles. The Hall–Kier alpha value is -2.09. The molecule has 0 spiro atoms. The first-order chi connectivity index (χ1) is 18.6. The summed E-state index contributed by atoms with van der Waals surface area (Å²) in [5.41, 5.74) is 0.155. The number of hydrogen-bond donors (Lipinski definition) is 0. The lowest BCUT2D eigenvalue weighted by molar-refractivity contribution is -0.182. The number of halogens is 2. The van der Waals surface area contributed by atoms with Crippen molar-refractivity contribution in [1.82, 2.24) is 9.80 Å². The number of esters is 1. The number of carbonyl (C=O) groups is 3. The second kappa shape index (κ2) is 11.4. The molecule has 1 aromatic rings. The smallest absolute Gasteiger partial charge is 0.320 e. The number of nitrogens with zero attached hydrogens (tertiary/aromatic N) is 2. The van der Waals surface area contributed by atoms with Crippen molar-refractivity contribution in [1.29, 1.82) is 0 Å². The number of ether oxygens (including phenoxy) is 2. The van der Waals surface area contributed by atoms with Crippen LogP contribution in [-0.2, 0) is 30.4 Å². The van der Waals surface area contributed by atoms with E-state index < -0.39 is 23.4 Å². The molecular formula is C30H38Cl2N2O5. The van der Waals surface area contributed by atoms with E-state index >= 15 is 0 Å². The zero-order chi connectivity index (χ0) is 27.9. The summed E-state index contributed by atoms with van der Waals surface area (Å²) in [6, 6.07) is 5.20. The molecule has 1 saturated carbocycles. The fourth-order valence-corrected chi connectivity index (χ4v) is 6.98. The van der Waals surface area contributed by atoms with Crippen LogP contribution >= 0.6 is 23.2 Å². The Bertz CT molecular complexity index is 1160. The second-order valence-corrected chi connectivity index (χ2v) is 12.7. The number of methoxy groups -OCH3 is 1. The van der Waals surface area contributed by atoms with Gasteiger partial charge in [-0.25, -0.2) is 0 Å². The van der Waals surface area contributed by atoms with Crippen molar-refractivity contribution in [3.8, 4) is 0 Å². The van der Waals surface area contributed by atoms with E-state index in [2.05, 4.69) is 13.8 Å². The van der Waals surface area contributed by atoms with Crippen molar-refractivity contribution >= 4 is 41.0 Å². The van der Waals surface area contributed by atoms with E-state index in [0.29, 0.717) is 34.4 Å². The molecule has 212 valence electrons. The summed E-state index contributed by atoms with van der Waals surface area (Å²) in [7, 11) is 1.39. The van der Waals surface area contributed by atoms with Crippen LogP contribution in [0.5, 0.6) is 0 Å². The molecule has 3 heterocycles. The van der Waals surface area contributed by atoms with Crippen molar-refractivity contribution in [3.05, 3.63) is 45.6 Å². The third-order valence-electron chi connectivity index (χ3n) is 8.77. The van der Waals surface area contributed by atoms with Gasteiger partial charge < -0.3 is 19.3 Å². The van der Waals surface area contributed by atoms with Crippen LogP contribution in [-0.4, -0.2) is 60.0 Å². The van der Waals surface area contributed by atoms with Crippen molar-refractivity contribution in [2.24, 2.45) is 23.2 Å². The lowest BCUT2D eigenvalue weighted by atomic mass is 9.64. The standard InChI is InChI=1S/C30H38Cl2N2O5/c1-18(2)24-15-25-30(29(37)38-3,27(39-24)19-7-8-19)16-21(13-26(35)33-11-5-4-6-12-33)28(36)34(25)17-20-9-10-22(31)14-23(20)32/h9-10,14-15,18-19,21,24,27H,4-8,11-13,16-17H2,1-3H3/t21-,24+,27+,30+/m0/s1. The zero-order valence-electron chi connectivity index (χ0n) is 23.0. The summed E-state index contributed by atoms with van der Waals surface area (Å²) in [5, 5.41) is 0.943. The average Bonchev–Trinajstić information content (AvgIpc) is 3.77. The van der Waals surface area contributed by atoms with Crippen LogP contribution < -0.4 is 0 Å². The molecule has 0 N–H and O–H groups in total. The quantitative estimate of drug-likeness (QED) is 0.394. The number of fused-ring (bicyclic) bond motifs is 1. The summed E-state index contributed by atoms with van der Waals surface area (Å²) < 4.78 is 12.1. The Kier molecular flexibility index (Phi) is 8.33. The molecule has 3 aliphatic heterocycles. The molecule has 5 rings (SSSR count). The predicted octanol–water partition coefficient (Wildman–Crippen LogP) is 5.62. The van der Waals surface area contributed by atoms with Gasteiger partial charge in [0, 0.05) is 41.2 Å². The van der Waals surface area contributed by atoms with Crippen LogP contribution in [0, 0.1) is 23.2 Å². The SMILES string of the molecule is COC(=O)[C@]12C[C@H](CC(=O)N3CCCCC3)C(=O)N(Cc3ccc(Cl)cc3Cl)C1=C[C@H](C(C)C)O[C@@H]2C1CC1. The van der Waals surface area contributed by atoms with Crippen molar-refractivity contribution in [3.63, 3.8) is 0 Å². The number of piperidine rings is 2. The van der Waals surface area contributed by atoms with Crippen LogP contribution in [0.15, 0.2) is 30.0 Å². The average molecular weight is 578 g/mol. The molecule has 4 aliphatic rings. The first-order valence-corrected chi connectivity index (χ1v) is 14.9. The van der Waals surface area contributed by atoms with Crippen molar-refractivity contribution in [2.75, 3.05) is 20.2 Å². The normalized spacial score (nSPS) is 29.2. The lowest BCUT2D eigenvalue weighted by Crippen LogP contribution is -2.61. The summed E-state index contributed by atoms with van der Waals surface area (Å²) >= 11 is 12.7. The summed E-state index contributed by atoms with van der Waals surface area (Å²) in [5.74, 6) is -0.962. The minimum atomic E-state index is -1.18. The first kappa shape index (κ1) is 28.4. The number of carbonyl (C=O) groups excluding carboxylic acids is 3. The fraction of sp³-hybridized carbons (Fsp3) is 0.633.